The maximum atomic E-state index is 14.0. The van der Waals surface area contributed by atoms with Gasteiger partial charge >= 0.3 is 0 Å². The summed E-state index contributed by atoms with van der Waals surface area (Å²) in [5.74, 6) is 1.09. The molecule has 20 nitrogen and oxygen atoms in total. The number of aliphatic hydroxyl groups is 1. The Hall–Kier alpha value is -5.69. The van der Waals surface area contributed by atoms with E-state index in [2.05, 4.69) is 46.1 Å². The Labute approximate surface area is 463 Å². The fraction of sp³-hybridized carbons (Fsp3) is 0.519. The van der Waals surface area contributed by atoms with E-state index in [1.807, 2.05) is 94.4 Å². The van der Waals surface area contributed by atoms with Gasteiger partial charge in [0.1, 0.15) is 28.4 Å². The monoisotopic (exact) mass is 1120 g/mol. The molecule has 0 aliphatic carbocycles. The predicted octanol–water partition coefficient (Wildman–Crippen LogP) is 6.41. The molecule has 3 atom stereocenters. The van der Waals surface area contributed by atoms with E-state index in [1.54, 1.807) is 17.4 Å². The molecule has 77 heavy (non-hydrogen) atoms. The Morgan fingerprint density at radius 1 is 0.870 bits per heavy atom. The fourth-order valence-corrected chi connectivity index (χ4v) is 10.7. The van der Waals surface area contributed by atoms with Crippen LogP contribution in [0.5, 0.6) is 0 Å². The zero-order valence-electron chi connectivity index (χ0n) is 44.8. The number of carbonyl (C=O) groups is 4. The van der Waals surface area contributed by atoms with Gasteiger partial charge in [-0.2, -0.15) is 0 Å². The van der Waals surface area contributed by atoms with E-state index in [0.29, 0.717) is 131 Å². The highest BCUT2D eigenvalue weighted by atomic mass is 35.5. The van der Waals surface area contributed by atoms with Gasteiger partial charge in [-0.1, -0.05) is 80.1 Å². The topological polar surface area (TPSA) is 235 Å². The second kappa shape index (κ2) is 28.8. The van der Waals surface area contributed by atoms with Crippen molar-refractivity contribution in [2.24, 2.45) is 5.41 Å². The second-order valence-electron chi connectivity index (χ2n) is 20.0. The van der Waals surface area contributed by atoms with Gasteiger partial charge in [0.05, 0.1) is 97.8 Å². The summed E-state index contributed by atoms with van der Waals surface area (Å²) in [6.07, 6.45) is 1.85. The van der Waals surface area contributed by atoms with Crippen molar-refractivity contribution < 1.29 is 43.2 Å². The minimum atomic E-state index is -0.781. The number of thiazole rings is 2. The number of nitrogens with one attached hydrogen (secondary N) is 4. The molecular weight excluding hydrogens is 1050 g/mol. The third-order valence-electron chi connectivity index (χ3n) is 13.0. The Bertz CT molecular complexity index is 2710. The normalized spacial score (nSPS) is 16.2. The summed E-state index contributed by atoms with van der Waals surface area (Å²) in [5, 5.41) is 24.0. The lowest BCUT2D eigenvalue weighted by atomic mass is 9.85. The third kappa shape index (κ3) is 17.4. The van der Waals surface area contributed by atoms with Crippen LogP contribution in [0.4, 0.5) is 22.5 Å². The molecule has 0 saturated carbocycles. The Kier molecular flexibility index (Phi) is 22.1. The zero-order valence-corrected chi connectivity index (χ0v) is 47.2. The van der Waals surface area contributed by atoms with Crippen molar-refractivity contribution in [3.05, 3.63) is 92.8 Å². The standard InChI is InChI=1S/C54H72ClN11O9S2/c1-35-9-7-10-41(55)47(35)63-51(70)43-32-58-53(77-43)62-44-30-45(61-37(3)60-44)64-17-19-65(20-18-64)46(68)15-22-73-24-26-75-28-27-74-25-23-72-21-8-16-56-49(54(4,5)6)52(71)66-33-40(67)29-42(66)50(69)57-31-38-11-13-39(14-12-38)48-36(2)59-34-76-48/h7,9-14,30,32,34,40,42,49,56,67H,8,15-29,31,33H2,1-6H3,(H,57,69)(H,63,70)(H,58,60,61,62)/t40-,42+,49?/m1/s1. The summed E-state index contributed by atoms with van der Waals surface area (Å²) in [6, 6.07) is 13.9. The molecule has 0 bridgehead atoms. The van der Waals surface area contributed by atoms with E-state index < -0.39 is 23.6 Å². The molecule has 2 aliphatic rings. The van der Waals surface area contributed by atoms with E-state index in [-0.39, 0.29) is 43.0 Å². The number of anilines is 4. The number of ether oxygens (including phenoxy) is 4. The Morgan fingerprint density at radius 2 is 1.56 bits per heavy atom. The first-order valence-corrected chi connectivity index (χ1v) is 28.1. The zero-order chi connectivity index (χ0) is 54.9. The molecule has 5 aromatic rings. The molecule has 5 N–H and O–H groups in total. The van der Waals surface area contributed by atoms with Crippen molar-refractivity contribution in [2.75, 3.05) is 108 Å². The second-order valence-corrected chi connectivity index (χ2v) is 22.2. The highest BCUT2D eigenvalue weighted by Crippen LogP contribution is 2.31. The minimum absolute atomic E-state index is 0.0314. The molecule has 3 aromatic heterocycles. The number of rotatable bonds is 27. The molecule has 0 radical (unpaired) electrons. The predicted molar refractivity (Wildman–Crippen MR) is 299 cm³/mol. The van der Waals surface area contributed by atoms with Crippen molar-refractivity contribution >= 4 is 80.4 Å². The smallest absolute Gasteiger partial charge is 0.267 e. The van der Waals surface area contributed by atoms with Gasteiger partial charge in [-0.15, -0.1) is 11.3 Å². The number of nitrogens with zero attached hydrogens (tertiary/aromatic N) is 7. The summed E-state index contributed by atoms with van der Waals surface area (Å²) < 4.78 is 22.7. The summed E-state index contributed by atoms with van der Waals surface area (Å²) in [4.78, 5) is 78.2. The van der Waals surface area contributed by atoms with Crippen LogP contribution in [0.2, 0.25) is 5.02 Å². The van der Waals surface area contributed by atoms with Crippen LogP contribution in [0.25, 0.3) is 10.4 Å². The third-order valence-corrected chi connectivity index (χ3v) is 15.2. The van der Waals surface area contributed by atoms with Crippen LogP contribution in [-0.2, 0) is 39.9 Å². The number of hydrogen-bond donors (Lipinski definition) is 5. The maximum Gasteiger partial charge on any atom is 0.267 e. The van der Waals surface area contributed by atoms with Gasteiger partial charge in [-0.05, 0) is 61.9 Å². The quantitative estimate of drug-likeness (QED) is 0.0358. The largest absolute Gasteiger partial charge is 0.391 e. The molecule has 0 spiro atoms. The van der Waals surface area contributed by atoms with Crippen molar-refractivity contribution in [3.63, 3.8) is 0 Å². The number of halogens is 1. The molecule has 2 saturated heterocycles. The van der Waals surface area contributed by atoms with E-state index >= 15 is 0 Å². The van der Waals surface area contributed by atoms with Crippen LogP contribution in [0.15, 0.2) is 60.2 Å². The number of benzene rings is 2. The highest BCUT2D eigenvalue weighted by molar-refractivity contribution is 7.17. The van der Waals surface area contributed by atoms with E-state index in [4.69, 9.17) is 30.5 Å². The minimum Gasteiger partial charge on any atom is -0.391 e. The van der Waals surface area contributed by atoms with Crippen molar-refractivity contribution in [1.29, 1.82) is 0 Å². The van der Waals surface area contributed by atoms with Gasteiger partial charge in [0.25, 0.3) is 5.91 Å². The van der Waals surface area contributed by atoms with Crippen LogP contribution < -0.4 is 26.2 Å². The van der Waals surface area contributed by atoms with Gasteiger partial charge in [0.2, 0.25) is 17.7 Å². The maximum absolute atomic E-state index is 14.0. The highest BCUT2D eigenvalue weighted by Gasteiger charge is 2.43. The Balaban J connectivity index is 0.692. The van der Waals surface area contributed by atoms with Crippen LogP contribution in [0.3, 0.4) is 0 Å². The average molecular weight is 1120 g/mol. The molecule has 1 unspecified atom stereocenters. The first-order valence-electron chi connectivity index (χ1n) is 26.0. The molecule has 23 heteroatoms. The molecule has 416 valence electrons. The number of carbonyl (C=O) groups excluding carboxylic acids is 4. The van der Waals surface area contributed by atoms with Crippen molar-refractivity contribution in [2.45, 2.75) is 85.5 Å². The summed E-state index contributed by atoms with van der Waals surface area (Å²) in [7, 11) is 0. The molecule has 2 fully saturated rings. The van der Waals surface area contributed by atoms with Gasteiger partial charge in [0.15, 0.2) is 5.13 Å². The van der Waals surface area contributed by atoms with Gasteiger partial charge in [0, 0.05) is 58.4 Å². The molecule has 2 aliphatic heterocycles. The number of para-hydroxylation sites is 1. The molecule has 2 aromatic carbocycles. The van der Waals surface area contributed by atoms with Crippen LogP contribution in [-0.4, -0.2) is 169 Å². The fourth-order valence-electron chi connectivity index (χ4n) is 8.87. The van der Waals surface area contributed by atoms with Crippen molar-refractivity contribution in [1.82, 2.24) is 40.4 Å². The van der Waals surface area contributed by atoms with E-state index in [1.165, 1.54) is 22.4 Å². The number of amides is 4. The molecule has 4 amide bonds. The average Bonchev–Trinajstić information content (AvgIpc) is 4.18. The number of aliphatic hydroxyl groups excluding tert-OH is 1. The first-order chi connectivity index (χ1) is 37.0. The van der Waals surface area contributed by atoms with Gasteiger partial charge < -0.3 is 60.0 Å². The lowest BCUT2D eigenvalue weighted by Crippen LogP contribution is -2.56. The summed E-state index contributed by atoms with van der Waals surface area (Å²) >= 11 is 9.09. The number of hydrogen-bond acceptors (Lipinski definition) is 18. The molecule has 7 rings (SSSR count). The van der Waals surface area contributed by atoms with Gasteiger partial charge in [-0.3, -0.25) is 19.2 Å². The van der Waals surface area contributed by atoms with Crippen molar-refractivity contribution in [3.8, 4) is 10.4 Å². The molecule has 5 heterocycles. The number of aromatic nitrogens is 4. The van der Waals surface area contributed by atoms with E-state index in [0.717, 1.165) is 33.1 Å². The van der Waals surface area contributed by atoms with Crippen LogP contribution >= 0.6 is 34.3 Å². The van der Waals surface area contributed by atoms with Crippen LogP contribution in [0, 0.1) is 26.2 Å². The Morgan fingerprint density at radius 3 is 2.22 bits per heavy atom. The SMILES string of the molecule is Cc1nc(Nc2ncc(C(=O)Nc3c(C)cccc3Cl)s2)cc(N2CCN(C(=O)CCOCCOCCOCCOCCCNC(C(=O)N3C[C@H](O)C[C@H]3C(=O)NCc3ccc(-c4scnc4C)cc3)C(C)(C)C)CC2)n1. The number of β-amino-alcohol motifs (C(OH)–C–C–N with tert-alkyl or cyclic N) is 1. The molecular formula is C54H72ClN11O9S2. The summed E-state index contributed by atoms with van der Waals surface area (Å²) in [5.41, 5.74) is 5.79. The van der Waals surface area contributed by atoms with Gasteiger partial charge in [-0.25, -0.2) is 19.9 Å². The summed E-state index contributed by atoms with van der Waals surface area (Å²) in [6.45, 7) is 18.0. The van der Waals surface area contributed by atoms with Crippen LogP contribution in [0.1, 0.15) is 72.4 Å². The lowest BCUT2D eigenvalue weighted by molar-refractivity contribution is -0.142. The number of aryl methyl sites for hydroxylation is 3. The number of piperazine rings is 1. The first kappa shape index (κ1) is 59.0. The lowest BCUT2D eigenvalue weighted by Gasteiger charge is -2.35. The van der Waals surface area contributed by atoms with E-state index in [9.17, 15) is 24.3 Å². The number of likely N-dealkylation sites (tertiary alicyclic amines) is 1.